The molecule has 0 aromatic heterocycles. The van der Waals surface area contributed by atoms with Crippen LogP contribution in [0.2, 0.25) is 0 Å². The van der Waals surface area contributed by atoms with Gasteiger partial charge in [-0.3, -0.25) is 29.5 Å². The second kappa shape index (κ2) is 11.2. The summed E-state index contributed by atoms with van der Waals surface area (Å²) in [6, 6.07) is 11.5. The van der Waals surface area contributed by atoms with Crippen molar-refractivity contribution in [2.75, 3.05) is 39.4 Å². The predicted octanol–water partition coefficient (Wildman–Crippen LogP) is 1.09. The fraction of sp³-hybridized carbons (Fsp3) is 0.407. The number of carbonyl (C=O) groups is 4. The van der Waals surface area contributed by atoms with Crippen LogP contribution in [0.3, 0.4) is 0 Å². The number of hydrogen-bond donors (Lipinski definition) is 2. The van der Waals surface area contributed by atoms with Gasteiger partial charge in [-0.05, 0) is 42.3 Å². The monoisotopic (exact) mass is 506 g/mol. The van der Waals surface area contributed by atoms with Crippen LogP contribution >= 0.6 is 0 Å². The van der Waals surface area contributed by atoms with Crippen molar-refractivity contribution in [3.63, 3.8) is 0 Å². The number of esters is 1. The van der Waals surface area contributed by atoms with Crippen molar-refractivity contribution in [3.05, 3.63) is 64.7 Å². The van der Waals surface area contributed by atoms with Gasteiger partial charge in [0, 0.05) is 56.8 Å². The molecule has 10 heteroatoms. The number of piperidine rings is 1. The first-order valence-electron chi connectivity index (χ1n) is 12.6. The summed E-state index contributed by atoms with van der Waals surface area (Å²) in [7, 11) is 0. The molecule has 3 amide bonds. The minimum atomic E-state index is -0.521. The van der Waals surface area contributed by atoms with E-state index in [1.807, 2.05) is 17.0 Å². The molecule has 3 aliphatic rings. The molecule has 194 valence electrons. The van der Waals surface area contributed by atoms with E-state index in [4.69, 9.17) is 9.47 Å². The van der Waals surface area contributed by atoms with Crippen LogP contribution in [0.4, 0.5) is 0 Å². The molecule has 0 saturated carbocycles. The molecule has 2 aromatic rings. The van der Waals surface area contributed by atoms with Crippen LogP contribution in [0.15, 0.2) is 42.5 Å². The predicted molar refractivity (Wildman–Crippen MR) is 133 cm³/mol. The van der Waals surface area contributed by atoms with Crippen molar-refractivity contribution in [2.24, 2.45) is 0 Å². The number of rotatable bonds is 7. The lowest BCUT2D eigenvalue weighted by molar-refractivity contribution is -0.137. The highest BCUT2D eigenvalue weighted by Gasteiger charge is 2.35. The highest BCUT2D eigenvalue weighted by atomic mass is 16.5. The lowest BCUT2D eigenvalue weighted by atomic mass is 10.0. The van der Waals surface area contributed by atoms with Crippen molar-refractivity contribution in [2.45, 2.75) is 32.0 Å². The lowest BCUT2D eigenvalue weighted by Gasteiger charge is -2.29. The van der Waals surface area contributed by atoms with Crippen LogP contribution in [-0.2, 0) is 27.4 Å². The van der Waals surface area contributed by atoms with Crippen molar-refractivity contribution < 1.29 is 28.7 Å². The van der Waals surface area contributed by atoms with Crippen molar-refractivity contribution in [3.8, 4) is 5.75 Å². The molecule has 3 heterocycles. The summed E-state index contributed by atoms with van der Waals surface area (Å²) >= 11 is 0. The third-order valence-electron chi connectivity index (χ3n) is 7.02. The highest BCUT2D eigenvalue weighted by molar-refractivity contribution is 6.00. The second-order valence-corrected chi connectivity index (χ2v) is 9.44. The quantitative estimate of drug-likeness (QED) is 0.326. The van der Waals surface area contributed by atoms with E-state index in [2.05, 4.69) is 15.5 Å². The Kier molecular flexibility index (Phi) is 7.59. The van der Waals surface area contributed by atoms with E-state index in [0.717, 1.165) is 44.0 Å². The average molecular weight is 507 g/mol. The molecule has 10 nitrogen and oxygen atoms in total. The zero-order valence-electron chi connectivity index (χ0n) is 20.5. The minimum absolute atomic E-state index is 0.192. The van der Waals surface area contributed by atoms with Crippen LogP contribution in [0, 0.1) is 0 Å². The fourth-order valence-corrected chi connectivity index (χ4v) is 4.93. The Morgan fingerprint density at radius 1 is 1.03 bits per heavy atom. The van der Waals surface area contributed by atoms with Crippen molar-refractivity contribution in [1.29, 1.82) is 0 Å². The molecule has 1 atom stereocenters. The first kappa shape index (κ1) is 25.1. The van der Waals surface area contributed by atoms with Crippen LogP contribution in [-0.4, -0.2) is 78.9 Å². The van der Waals surface area contributed by atoms with Crippen LogP contribution in [0.5, 0.6) is 5.75 Å². The van der Waals surface area contributed by atoms with Crippen molar-refractivity contribution in [1.82, 2.24) is 20.4 Å². The van der Waals surface area contributed by atoms with E-state index < -0.39 is 5.97 Å². The minimum Gasteiger partial charge on any atom is -0.423 e. The zero-order chi connectivity index (χ0) is 25.8. The average Bonchev–Trinajstić information content (AvgIpc) is 3.34. The van der Waals surface area contributed by atoms with E-state index in [1.165, 1.54) is 0 Å². The maximum Gasteiger partial charge on any atom is 0.343 e. The topological polar surface area (TPSA) is 117 Å². The Morgan fingerprint density at radius 2 is 1.78 bits per heavy atom. The third kappa shape index (κ3) is 5.87. The standard InChI is InChI=1S/C27H30N4O6/c32-24-9-8-22(26(34)29-24)31-16-20-2-1-3-23(21(20)17-31)37-27(35)19-6-4-18(5-7-19)25(33)28-10-11-30-12-14-36-15-13-30/h1-7,22H,8-17H2,(H,28,33)(H,29,32,34). The molecule has 0 radical (unpaired) electrons. The molecule has 5 rings (SSSR count). The number of hydrogen-bond acceptors (Lipinski definition) is 8. The molecule has 2 N–H and O–H groups in total. The van der Waals surface area contributed by atoms with Crippen LogP contribution < -0.4 is 15.4 Å². The van der Waals surface area contributed by atoms with Gasteiger partial charge in [0.2, 0.25) is 11.8 Å². The van der Waals surface area contributed by atoms with Crippen LogP contribution in [0.25, 0.3) is 0 Å². The molecular formula is C27H30N4O6. The Hall–Kier alpha value is -3.60. The number of fused-ring (bicyclic) bond motifs is 1. The SMILES string of the molecule is O=C1CCC(N2Cc3cccc(OC(=O)c4ccc(C(=O)NCCN5CCOCC5)cc4)c3C2)C(=O)N1. The first-order valence-corrected chi connectivity index (χ1v) is 12.6. The number of ether oxygens (including phenoxy) is 2. The Bertz CT molecular complexity index is 1190. The molecule has 37 heavy (non-hydrogen) atoms. The van der Waals surface area contributed by atoms with Gasteiger partial charge in [0.1, 0.15) is 5.75 Å². The number of nitrogens with zero attached hydrogens (tertiary/aromatic N) is 2. The first-order chi connectivity index (χ1) is 18.0. The van der Waals surface area contributed by atoms with Gasteiger partial charge >= 0.3 is 5.97 Å². The van der Waals surface area contributed by atoms with Gasteiger partial charge < -0.3 is 14.8 Å². The molecule has 1 unspecified atom stereocenters. The van der Waals surface area contributed by atoms with E-state index in [1.54, 1.807) is 30.3 Å². The molecule has 0 bridgehead atoms. The van der Waals surface area contributed by atoms with E-state index >= 15 is 0 Å². The molecule has 0 spiro atoms. The van der Waals surface area contributed by atoms with E-state index in [0.29, 0.717) is 49.4 Å². The third-order valence-corrected chi connectivity index (χ3v) is 7.02. The summed E-state index contributed by atoms with van der Waals surface area (Å²) in [6.07, 6.45) is 0.786. The maximum atomic E-state index is 12.9. The summed E-state index contributed by atoms with van der Waals surface area (Å²) in [6.45, 7) is 5.47. The maximum absolute atomic E-state index is 12.9. The summed E-state index contributed by atoms with van der Waals surface area (Å²) in [5.74, 6) is -0.797. The largest absolute Gasteiger partial charge is 0.423 e. The van der Waals surface area contributed by atoms with Gasteiger partial charge in [-0.2, -0.15) is 0 Å². The molecular weight excluding hydrogens is 476 g/mol. The van der Waals surface area contributed by atoms with Gasteiger partial charge in [0.15, 0.2) is 0 Å². The molecule has 0 aliphatic carbocycles. The summed E-state index contributed by atoms with van der Waals surface area (Å²) < 4.78 is 11.0. The number of amides is 3. The number of carbonyl (C=O) groups excluding carboxylic acids is 4. The van der Waals surface area contributed by atoms with E-state index in [9.17, 15) is 19.2 Å². The number of morpholine rings is 1. The number of benzene rings is 2. The zero-order valence-corrected chi connectivity index (χ0v) is 20.5. The Labute approximate surface area is 214 Å². The Balaban J connectivity index is 1.17. The molecule has 3 aliphatic heterocycles. The number of imide groups is 1. The van der Waals surface area contributed by atoms with Crippen molar-refractivity contribution >= 4 is 23.7 Å². The summed E-state index contributed by atoms with van der Waals surface area (Å²) in [4.78, 5) is 53.4. The fourth-order valence-electron chi connectivity index (χ4n) is 4.93. The molecule has 2 fully saturated rings. The molecule has 2 aromatic carbocycles. The Morgan fingerprint density at radius 3 is 2.54 bits per heavy atom. The van der Waals surface area contributed by atoms with Gasteiger partial charge in [-0.25, -0.2) is 4.79 Å². The highest BCUT2D eigenvalue weighted by Crippen LogP contribution is 2.33. The number of nitrogens with one attached hydrogen (secondary N) is 2. The smallest absolute Gasteiger partial charge is 0.343 e. The van der Waals surface area contributed by atoms with Crippen LogP contribution in [0.1, 0.15) is 44.7 Å². The van der Waals surface area contributed by atoms with Gasteiger partial charge in [-0.1, -0.05) is 12.1 Å². The van der Waals surface area contributed by atoms with Gasteiger partial charge in [-0.15, -0.1) is 0 Å². The second-order valence-electron chi connectivity index (χ2n) is 9.44. The summed E-state index contributed by atoms with van der Waals surface area (Å²) in [5.41, 5.74) is 2.65. The lowest BCUT2D eigenvalue weighted by Crippen LogP contribution is -2.50. The van der Waals surface area contributed by atoms with Gasteiger partial charge in [0.25, 0.3) is 5.91 Å². The van der Waals surface area contributed by atoms with E-state index in [-0.39, 0.29) is 23.8 Å². The molecule has 2 saturated heterocycles. The van der Waals surface area contributed by atoms with Gasteiger partial charge in [0.05, 0.1) is 24.8 Å². The summed E-state index contributed by atoms with van der Waals surface area (Å²) in [5, 5.41) is 5.31. The normalized spacial score (nSPS) is 20.3.